The number of hydrogen-bond donors (Lipinski definition) is 2. The highest BCUT2D eigenvalue weighted by Crippen LogP contribution is 2.14. The molecule has 2 aromatic rings. The Morgan fingerprint density at radius 3 is 2.64 bits per heavy atom. The van der Waals surface area contributed by atoms with Gasteiger partial charge in [-0.2, -0.15) is 0 Å². The summed E-state index contributed by atoms with van der Waals surface area (Å²) < 4.78 is 45.8. The van der Waals surface area contributed by atoms with Gasteiger partial charge in [0, 0.05) is 25.3 Å². The molecule has 150 valence electrons. The lowest BCUT2D eigenvalue weighted by Crippen LogP contribution is -2.32. The van der Waals surface area contributed by atoms with E-state index in [1.54, 1.807) is 12.1 Å². The maximum Gasteiger partial charge on any atom is 0.251 e. The van der Waals surface area contributed by atoms with E-state index in [9.17, 15) is 17.6 Å². The Bertz CT molecular complexity index is 910. The lowest BCUT2D eigenvalue weighted by atomic mass is 10.1. The van der Waals surface area contributed by atoms with Crippen LogP contribution in [0.15, 0.2) is 53.4 Å². The van der Waals surface area contributed by atoms with Gasteiger partial charge < -0.3 is 10.1 Å². The van der Waals surface area contributed by atoms with Crippen LogP contribution in [-0.2, 0) is 21.2 Å². The second-order valence-electron chi connectivity index (χ2n) is 6.65. The minimum Gasteiger partial charge on any atom is -0.377 e. The van der Waals surface area contributed by atoms with Crippen LogP contribution in [0.25, 0.3) is 0 Å². The zero-order valence-electron chi connectivity index (χ0n) is 15.4. The van der Waals surface area contributed by atoms with Crippen LogP contribution < -0.4 is 10.0 Å². The van der Waals surface area contributed by atoms with Crippen LogP contribution >= 0.6 is 0 Å². The summed E-state index contributed by atoms with van der Waals surface area (Å²) in [7, 11) is -3.64. The molecular formula is C20H23FN2O4S. The van der Waals surface area contributed by atoms with Gasteiger partial charge in [-0.1, -0.05) is 12.1 Å². The molecular weight excluding hydrogens is 383 g/mol. The molecule has 0 saturated carbocycles. The summed E-state index contributed by atoms with van der Waals surface area (Å²) in [4.78, 5) is 12.3. The number of carbonyl (C=O) groups is 1. The van der Waals surface area contributed by atoms with Crippen LogP contribution in [-0.4, -0.2) is 40.1 Å². The summed E-state index contributed by atoms with van der Waals surface area (Å²) in [6.07, 6.45) is 2.20. The van der Waals surface area contributed by atoms with Crippen molar-refractivity contribution >= 4 is 15.9 Å². The fourth-order valence-corrected chi connectivity index (χ4v) is 4.06. The molecule has 2 aromatic carbocycles. The van der Waals surface area contributed by atoms with E-state index in [1.165, 1.54) is 36.4 Å². The Balaban J connectivity index is 1.51. The van der Waals surface area contributed by atoms with Gasteiger partial charge in [0.05, 0.1) is 11.0 Å². The molecule has 8 heteroatoms. The molecule has 1 amide bonds. The Labute approximate surface area is 164 Å². The normalized spacial score (nSPS) is 16.8. The third-order valence-corrected chi connectivity index (χ3v) is 5.98. The molecule has 2 N–H and O–H groups in total. The number of hydrogen-bond acceptors (Lipinski definition) is 4. The van der Waals surface area contributed by atoms with E-state index >= 15 is 0 Å². The molecule has 0 spiro atoms. The third kappa shape index (κ3) is 5.60. The van der Waals surface area contributed by atoms with Crippen LogP contribution in [0, 0.1) is 5.82 Å². The average Bonchev–Trinajstić information content (AvgIpc) is 3.20. The number of carbonyl (C=O) groups excluding carboxylic acids is 1. The molecule has 1 aliphatic rings. The number of amides is 1. The van der Waals surface area contributed by atoms with E-state index in [0.717, 1.165) is 18.4 Å². The smallest absolute Gasteiger partial charge is 0.251 e. The Kier molecular flexibility index (Phi) is 6.77. The highest BCUT2D eigenvalue weighted by molar-refractivity contribution is 7.89. The van der Waals surface area contributed by atoms with Crippen molar-refractivity contribution in [1.29, 1.82) is 0 Å². The van der Waals surface area contributed by atoms with Crippen molar-refractivity contribution in [3.05, 3.63) is 65.5 Å². The minimum atomic E-state index is -3.64. The molecule has 6 nitrogen and oxygen atoms in total. The number of halogens is 1. The first-order chi connectivity index (χ1) is 13.4. The molecule has 28 heavy (non-hydrogen) atoms. The van der Waals surface area contributed by atoms with Crippen LogP contribution in [0.1, 0.15) is 28.8 Å². The second-order valence-corrected chi connectivity index (χ2v) is 8.41. The number of rotatable bonds is 8. The fourth-order valence-electron chi connectivity index (χ4n) is 2.99. The summed E-state index contributed by atoms with van der Waals surface area (Å²) in [5.74, 6) is -0.624. The van der Waals surface area contributed by atoms with Gasteiger partial charge in [0.2, 0.25) is 10.0 Å². The van der Waals surface area contributed by atoms with E-state index < -0.39 is 10.0 Å². The first-order valence-electron chi connectivity index (χ1n) is 9.18. The summed E-state index contributed by atoms with van der Waals surface area (Å²) in [5.41, 5.74) is 1.15. The van der Waals surface area contributed by atoms with Crippen molar-refractivity contribution in [2.45, 2.75) is 30.3 Å². The topological polar surface area (TPSA) is 84.5 Å². The number of benzene rings is 2. The molecule has 1 saturated heterocycles. The van der Waals surface area contributed by atoms with Crippen molar-refractivity contribution in [3.8, 4) is 0 Å². The van der Waals surface area contributed by atoms with Crippen molar-refractivity contribution in [2.75, 3.05) is 19.7 Å². The van der Waals surface area contributed by atoms with Gasteiger partial charge in [0.1, 0.15) is 5.82 Å². The van der Waals surface area contributed by atoms with Gasteiger partial charge >= 0.3 is 0 Å². The lowest BCUT2D eigenvalue weighted by Gasteiger charge is -2.12. The monoisotopic (exact) mass is 406 g/mol. The van der Waals surface area contributed by atoms with E-state index in [0.29, 0.717) is 25.1 Å². The van der Waals surface area contributed by atoms with E-state index in [4.69, 9.17) is 4.74 Å². The van der Waals surface area contributed by atoms with Gasteiger partial charge in [-0.15, -0.1) is 0 Å². The lowest BCUT2D eigenvalue weighted by molar-refractivity contribution is 0.0954. The Morgan fingerprint density at radius 1 is 1.18 bits per heavy atom. The number of nitrogens with one attached hydrogen (secondary N) is 2. The van der Waals surface area contributed by atoms with Gasteiger partial charge in [0.25, 0.3) is 5.91 Å². The largest absolute Gasteiger partial charge is 0.377 e. The maximum absolute atomic E-state index is 13.1. The minimum absolute atomic E-state index is 0.0853. The van der Waals surface area contributed by atoms with Gasteiger partial charge in [-0.25, -0.2) is 17.5 Å². The zero-order valence-corrected chi connectivity index (χ0v) is 16.2. The molecule has 1 fully saturated rings. The van der Waals surface area contributed by atoms with Crippen LogP contribution in [0.5, 0.6) is 0 Å². The van der Waals surface area contributed by atoms with Crippen molar-refractivity contribution < 1.29 is 22.3 Å². The predicted octanol–water partition coefficient (Wildman–Crippen LogP) is 2.26. The standard InChI is InChI=1S/C20H23FN2O4S/c21-17-4-1-3-15(13-17)10-11-22-20(24)16-6-8-19(9-7-16)28(25,26)23-14-18-5-2-12-27-18/h1,3-4,6-9,13,18,23H,2,5,10-12,14H2,(H,22,24). The molecule has 0 aromatic heterocycles. The fraction of sp³-hybridized carbons (Fsp3) is 0.350. The first-order valence-corrected chi connectivity index (χ1v) is 10.7. The van der Waals surface area contributed by atoms with E-state index in [-0.39, 0.29) is 29.3 Å². The SMILES string of the molecule is O=C(NCCc1cccc(F)c1)c1ccc(S(=O)(=O)NCC2CCCO2)cc1. The van der Waals surface area contributed by atoms with Gasteiger partial charge in [0.15, 0.2) is 0 Å². The third-order valence-electron chi connectivity index (χ3n) is 4.54. The molecule has 0 aliphatic carbocycles. The van der Waals surface area contributed by atoms with Crippen LogP contribution in [0.3, 0.4) is 0 Å². The highest BCUT2D eigenvalue weighted by Gasteiger charge is 2.20. The summed E-state index contributed by atoms with van der Waals surface area (Å²) in [5, 5.41) is 2.74. The molecule has 1 atom stereocenters. The first kappa shape index (κ1) is 20.4. The highest BCUT2D eigenvalue weighted by atomic mass is 32.2. The molecule has 0 bridgehead atoms. The molecule has 3 rings (SSSR count). The Hall–Kier alpha value is -2.29. The summed E-state index contributed by atoms with van der Waals surface area (Å²) >= 11 is 0. The van der Waals surface area contributed by atoms with Crippen molar-refractivity contribution in [3.63, 3.8) is 0 Å². The van der Waals surface area contributed by atoms with E-state index in [2.05, 4.69) is 10.0 Å². The molecule has 1 heterocycles. The molecule has 0 radical (unpaired) electrons. The molecule has 1 unspecified atom stereocenters. The quantitative estimate of drug-likeness (QED) is 0.704. The number of sulfonamides is 1. The summed E-state index contributed by atoms with van der Waals surface area (Å²) in [6, 6.07) is 12.0. The predicted molar refractivity (Wildman–Crippen MR) is 103 cm³/mol. The van der Waals surface area contributed by atoms with Gasteiger partial charge in [-0.3, -0.25) is 4.79 Å². The maximum atomic E-state index is 13.1. The van der Waals surface area contributed by atoms with Crippen LogP contribution in [0.2, 0.25) is 0 Å². The molecule has 1 aliphatic heterocycles. The Morgan fingerprint density at radius 2 is 1.96 bits per heavy atom. The van der Waals surface area contributed by atoms with Gasteiger partial charge in [-0.05, 0) is 61.2 Å². The van der Waals surface area contributed by atoms with Crippen LogP contribution in [0.4, 0.5) is 4.39 Å². The number of ether oxygens (including phenoxy) is 1. The zero-order chi connectivity index (χ0) is 20.0. The van der Waals surface area contributed by atoms with E-state index in [1.807, 2.05) is 0 Å². The summed E-state index contributed by atoms with van der Waals surface area (Å²) in [6.45, 7) is 1.26. The average molecular weight is 406 g/mol. The van der Waals surface area contributed by atoms with Crippen molar-refractivity contribution in [1.82, 2.24) is 10.0 Å². The second kappa shape index (κ2) is 9.27. The van der Waals surface area contributed by atoms with Crippen molar-refractivity contribution in [2.24, 2.45) is 0 Å².